The lowest BCUT2D eigenvalue weighted by molar-refractivity contribution is -0.143. The van der Waals surface area contributed by atoms with Gasteiger partial charge in [0.25, 0.3) is 0 Å². The maximum Gasteiger partial charge on any atom is 0.320 e. The minimum Gasteiger partial charge on any atom is -0.497 e. The summed E-state index contributed by atoms with van der Waals surface area (Å²) in [4.78, 5) is 13.0. The first-order chi connectivity index (χ1) is 10.5. The molecule has 0 aromatic heterocycles. The molecule has 0 bridgehead atoms. The smallest absolute Gasteiger partial charge is 0.320 e. The molecule has 0 amide bonds. The number of nitrogens with zero attached hydrogens (tertiary/aromatic N) is 1. The fourth-order valence-electron chi connectivity index (χ4n) is 2.71. The Bertz CT molecular complexity index is 491. The Balaban J connectivity index is 1.94. The Labute approximate surface area is 131 Å². The first-order valence-corrected chi connectivity index (χ1v) is 7.50. The topological polar surface area (TPSA) is 71.0 Å². The van der Waals surface area contributed by atoms with E-state index in [-0.39, 0.29) is 0 Å². The number of likely N-dealkylation sites (tertiary alicyclic amines) is 1. The summed E-state index contributed by atoms with van der Waals surface area (Å²) in [5.41, 5.74) is 0.959. The third-order valence-corrected chi connectivity index (χ3v) is 4.16. The molecule has 0 aliphatic carbocycles. The van der Waals surface area contributed by atoms with Crippen LogP contribution < -0.4 is 14.8 Å². The molecule has 1 heterocycles. The number of hydrogen-bond acceptors (Lipinski definition) is 5. The Morgan fingerprint density at radius 3 is 2.23 bits per heavy atom. The number of carboxylic acid groups (broad SMARTS) is 1. The van der Waals surface area contributed by atoms with Crippen LogP contribution in [0.25, 0.3) is 0 Å². The van der Waals surface area contributed by atoms with Crippen molar-refractivity contribution >= 4 is 11.7 Å². The quantitative estimate of drug-likeness (QED) is 0.838. The molecule has 6 heteroatoms. The van der Waals surface area contributed by atoms with Gasteiger partial charge in [0.2, 0.25) is 0 Å². The highest BCUT2D eigenvalue weighted by molar-refractivity contribution is 5.72. The molecule has 2 N–H and O–H groups in total. The van der Waals surface area contributed by atoms with E-state index in [2.05, 4.69) is 5.32 Å². The van der Waals surface area contributed by atoms with E-state index in [0.29, 0.717) is 6.04 Å². The summed E-state index contributed by atoms with van der Waals surface area (Å²) in [6.45, 7) is 3.31. The minimum atomic E-state index is -0.760. The molecule has 0 radical (unpaired) electrons. The van der Waals surface area contributed by atoms with Gasteiger partial charge in [0.15, 0.2) is 0 Å². The minimum absolute atomic E-state index is 0.328. The number of hydrogen-bond donors (Lipinski definition) is 2. The Kier molecular flexibility index (Phi) is 5.49. The van der Waals surface area contributed by atoms with Crippen molar-refractivity contribution in [2.24, 2.45) is 0 Å². The highest BCUT2D eigenvalue weighted by Crippen LogP contribution is 2.27. The molecule has 1 fully saturated rings. The lowest BCUT2D eigenvalue weighted by atomic mass is 10.0. The van der Waals surface area contributed by atoms with Gasteiger partial charge in [-0.15, -0.1) is 0 Å². The first kappa shape index (κ1) is 16.4. The Morgan fingerprint density at radius 2 is 1.77 bits per heavy atom. The van der Waals surface area contributed by atoms with Crippen LogP contribution in [0.4, 0.5) is 5.69 Å². The van der Waals surface area contributed by atoms with E-state index in [1.165, 1.54) is 0 Å². The molecule has 0 spiro atoms. The summed E-state index contributed by atoms with van der Waals surface area (Å²) in [6.07, 6.45) is 1.83. The monoisotopic (exact) mass is 308 g/mol. The summed E-state index contributed by atoms with van der Waals surface area (Å²) < 4.78 is 10.5. The molecule has 6 nitrogen and oxygen atoms in total. The zero-order valence-corrected chi connectivity index (χ0v) is 13.3. The van der Waals surface area contributed by atoms with Gasteiger partial charge in [-0.3, -0.25) is 9.69 Å². The van der Waals surface area contributed by atoms with E-state index in [1.54, 1.807) is 21.1 Å². The second kappa shape index (κ2) is 7.35. The van der Waals surface area contributed by atoms with Crippen LogP contribution in [-0.4, -0.2) is 55.4 Å². The number of benzene rings is 1. The van der Waals surface area contributed by atoms with Crippen molar-refractivity contribution < 1.29 is 19.4 Å². The predicted octanol–water partition coefficient (Wildman–Crippen LogP) is 2.05. The number of aliphatic carboxylic acids is 1. The number of rotatable bonds is 6. The molecule has 1 aliphatic rings. The molecular formula is C16H24N2O4. The van der Waals surface area contributed by atoms with Gasteiger partial charge in [0.1, 0.15) is 17.5 Å². The van der Waals surface area contributed by atoms with Gasteiger partial charge in [-0.05, 0) is 19.8 Å². The molecule has 22 heavy (non-hydrogen) atoms. The molecule has 122 valence electrons. The summed E-state index contributed by atoms with van der Waals surface area (Å²) >= 11 is 0. The van der Waals surface area contributed by atoms with Crippen LogP contribution in [0.2, 0.25) is 0 Å². The fraction of sp³-hybridized carbons (Fsp3) is 0.562. The number of carboxylic acids is 1. The highest BCUT2D eigenvalue weighted by atomic mass is 16.5. The highest BCUT2D eigenvalue weighted by Gasteiger charge is 2.26. The fourth-order valence-corrected chi connectivity index (χ4v) is 2.71. The molecule has 1 atom stereocenters. The third kappa shape index (κ3) is 4.04. The zero-order chi connectivity index (χ0) is 16.1. The van der Waals surface area contributed by atoms with Crippen molar-refractivity contribution in [2.45, 2.75) is 31.8 Å². The zero-order valence-electron chi connectivity index (χ0n) is 13.3. The van der Waals surface area contributed by atoms with Crippen LogP contribution in [0.5, 0.6) is 11.5 Å². The van der Waals surface area contributed by atoms with Crippen molar-refractivity contribution in [3.63, 3.8) is 0 Å². The molecular weight excluding hydrogens is 284 g/mol. The molecule has 0 saturated carbocycles. The molecule has 1 aromatic rings. The van der Waals surface area contributed by atoms with E-state index < -0.39 is 12.0 Å². The molecule has 1 saturated heterocycles. The van der Waals surface area contributed by atoms with E-state index in [0.717, 1.165) is 43.1 Å². The van der Waals surface area contributed by atoms with Crippen LogP contribution in [-0.2, 0) is 4.79 Å². The van der Waals surface area contributed by atoms with E-state index in [4.69, 9.17) is 14.6 Å². The number of carbonyl (C=O) groups is 1. The van der Waals surface area contributed by atoms with Crippen LogP contribution in [0.3, 0.4) is 0 Å². The maximum atomic E-state index is 11.0. The molecule has 1 unspecified atom stereocenters. The number of methoxy groups -OCH3 is 2. The lowest BCUT2D eigenvalue weighted by Gasteiger charge is -2.35. The summed E-state index contributed by atoms with van der Waals surface area (Å²) in [7, 11) is 3.26. The van der Waals surface area contributed by atoms with Crippen molar-refractivity contribution in [1.29, 1.82) is 0 Å². The predicted molar refractivity (Wildman–Crippen MR) is 84.9 cm³/mol. The Hall–Kier alpha value is -1.95. The molecule has 1 aliphatic heterocycles. The van der Waals surface area contributed by atoms with Crippen LogP contribution in [0, 0.1) is 0 Å². The van der Waals surface area contributed by atoms with Gasteiger partial charge >= 0.3 is 5.97 Å². The van der Waals surface area contributed by atoms with Crippen molar-refractivity contribution in [2.75, 3.05) is 32.6 Å². The van der Waals surface area contributed by atoms with Gasteiger partial charge in [-0.2, -0.15) is 0 Å². The SMILES string of the molecule is COc1cc(NC2CCN(C(C)C(=O)O)CC2)cc(OC)c1. The number of anilines is 1. The molecule has 1 aromatic carbocycles. The van der Waals surface area contributed by atoms with Crippen LogP contribution in [0.15, 0.2) is 18.2 Å². The maximum absolute atomic E-state index is 11.0. The van der Waals surface area contributed by atoms with Gasteiger partial charge in [0.05, 0.1) is 14.2 Å². The second-order valence-electron chi connectivity index (χ2n) is 5.57. The van der Waals surface area contributed by atoms with Crippen molar-refractivity contribution in [3.8, 4) is 11.5 Å². The first-order valence-electron chi connectivity index (χ1n) is 7.50. The largest absolute Gasteiger partial charge is 0.497 e. The number of nitrogens with one attached hydrogen (secondary N) is 1. The molecule has 2 rings (SSSR count). The number of piperidine rings is 1. The van der Waals surface area contributed by atoms with Crippen molar-refractivity contribution in [1.82, 2.24) is 4.90 Å². The number of ether oxygens (including phenoxy) is 2. The summed E-state index contributed by atoms with van der Waals surface area (Å²) in [5.74, 6) is 0.738. The van der Waals surface area contributed by atoms with Gasteiger partial charge < -0.3 is 19.9 Å². The average Bonchev–Trinajstić information content (AvgIpc) is 2.54. The van der Waals surface area contributed by atoms with Crippen LogP contribution in [0.1, 0.15) is 19.8 Å². The second-order valence-corrected chi connectivity index (χ2v) is 5.57. The van der Waals surface area contributed by atoms with Crippen molar-refractivity contribution in [3.05, 3.63) is 18.2 Å². The van der Waals surface area contributed by atoms with E-state index in [1.807, 2.05) is 23.1 Å². The average molecular weight is 308 g/mol. The normalized spacial score (nSPS) is 17.8. The van der Waals surface area contributed by atoms with Gasteiger partial charge in [-0.25, -0.2) is 0 Å². The van der Waals surface area contributed by atoms with Gasteiger partial charge in [0, 0.05) is 43.0 Å². The lowest BCUT2D eigenvalue weighted by Crippen LogP contribution is -2.46. The summed E-state index contributed by atoms with van der Waals surface area (Å²) in [6, 6.07) is 5.62. The van der Waals surface area contributed by atoms with Crippen LogP contribution >= 0.6 is 0 Å². The van der Waals surface area contributed by atoms with Gasteiger partial charge in [-0.1, -0.05) is 0 Å². The standard InChI is InChI=1S/C16H24N2O4/c1-11(16(19)20)18-6-4-12(5-7-18)17-13-8-14(21-2)10-15(9-13)22-3/h8-12,17H,4-7H2,1-3H3,(H,19,20). The van der Waals surface area contributed by atoms with E-state index >= 15 is 0 Å². The Morgan fingerprint density at radius 1 is 1.23 bits per heavy atom. The third-order valence-electron chi connectivity index (χ3n) is 4.16. The van der Waals surface area contributed by atoms with E-state index in [9.17, 15) is 4.79 Å². The summed E-state index contributed by atoms with van der Waals surface area (Å²) in [5, 5.41) is 12.6.